The van der Waals surface area contributed by atoms with E-state index in [9.17, 15) is 4.79 Å². The Hall–Kier alpha value is -1.17. The first-order valence-electron chi connectivity index (χ1n) is 7.22. The molecule has 1 aliphatic rings. The minimum Gasteiger partial charge on any atom is -0.350 e. The van der Waals surface area contributed by atoms with Crippen LogP contribution >= 0.6 is 11.6 Å². The summed E-state index contributed by atoms with van der Waals surface area (Å²) in [6, 6.07) is 3.40. The molecule has 0 aromatic carbocycles. The summed E-state index contributed by atoms with van der Waals surface area (Å²) in [6.07, 6.45) is 1.58. The molecule has 1 fully saturated rings. The summed E-state index contributed by atoms with van der Waals surface area (Å²) in [5.41, 5.74) is 0.347. The van der Waals surface area contributed by atoms with Gasteiger partial charge in [0.15, 0.2) is 0 Å². The smallest absolute Gasteiger partial charge is 0.254 e. The Kier molecular flexibility index (Phi) is 5.19. The predicted molar refractivity (Wildman–Crippen MR) is 84.7 cm³/mol. The van der Waals surface area contributed by atoms with Crippen LogP contribution < -0.4 is 5.32 Å². The topological polar surface area (TPSA) is 48.5 Å². The molecule has 0 bridgehead atoms. The summed E-state index contributed by atoms with van der Waals surface area (Å²) in [6.45, 7) is 9.06. The van der Waals surface area contributed by atoms with E-state index in [0.29, 0.717) is 12.1 Å². The van der Waals surface area contributed by atoms with Crippen LogP contribution in [0.4, 0.5) is 0 Å². The Labute approximate surface area is 131 Å². The Bertz CT molecular complexity index is 498. The lowest BCUT2D eigenvalue weighted by atomic mass is 10.0. The molecule has 1 aliphatic heterocycles. The summed E-state index contributed by atoms with van der Waals surface area (Å²) in [5.74, 6) is -0.171. The van der Waals surface area contributed by atoms with Gasteiger partial charge in [-0.2, -0.15) is 0 Å². The first kappa shape index (κ1) is 16.2. The number of rotatable bonds is 4. The zero-order chi connectivity index (χ0) is 15.5. The van der Waals surface area contributed by atoms with Crippen LogP contribution in [0.3, 0.4) is 0 Å². The molecule has 0 atom stereocenters. The van der Waals surface area contributed by atoms with E-state index in [1.54, 1.807) is 18.3 Å². The minimum absolute atomic E-state index is 0.0778. The lowest BCUT2D eigenvalue weighted by molar-refractivity contribution is 0.0588. The maximum Gasteiger partial charge on any atom is 0.254 e. The van der Waals surface area contributed by atoms with Crippen LogP contribution in [0, 0.1) is 0 Å². The number of aromatic nitrogens is 1. The van der Waals surface area contributed by atoms with Crippen molar-refractivity contribution >= 4 is 17.5 Å². The van der Waals surface area contributed by atoms with Gasteiger partial charge in [-0.25, -0.2) is 4.98 Å². The fraction of sp³-hybridized carbons (Fsp3) is 0.600. The number of piperazine rings is 1. The molecule has 5 nitrogen and oxygen atoms in total. The van der Waals surface area contributed by atoms with E-state index >= 15 is 0 Å². The summed E-state index contributed by atoms with van der Waals surface area (Å²) in [4.78, 5) is 20.9. The van der Waals surface area contributed by atoms with E-state index in [1.807, 2.05) is 0 Å². The van der Waals surface area contributed by atoms with Crippen molar-refractivity contribution in [2.24, 2.45) is 0 Å². The first-order chi connectivity index (χ1) is 9.90. The molecular formula is C15H23ClN4O. The number of amides is 1. The molecule has 1 saturated heterocycles. The molecule has 1 aromatic heterocycles. The van der Waals surface area contributed by atoms with Crippen molar-refractivity contribution in [2.45, 2.75) is 19.4 Å². The van der Waals surface area contributed by atoms with Crippen LogP contribution in [-0.2, 0) is 0 Å². The van der Waals surface area contributed by atoms with Crippen molar-refractivity contribution in [3.8, 4) is 0 Å². The van der Waals surface area contributed by atoms with Gasteiger partial charge in [0, 0.05) is 44.5 Å². The molecule has 2 rings (SSSR count). The minimum atomic E-state index is -0.171. The normalized spacial score (nSPS) is 17.7. The highest BCUT2D eigenvalue weighted by Gasteiger charge is 2.29. The van der Waals surface area contributed by atoms with E-state index in [-0.39, 0.29) is 16.6 Å². The molecule has 0 saturated carbocycles. The van der Waals surface area contributed by atoms with Gasteiger partial charge in [-0.05, 0) is 33.0 Å². The number of carbonyl (C=O) groups excluding carboxylic acids is 1. The number of pyridine rings is 1. The Morgan fingerprint density at radius 2 is 2.05 bits per heavy atom. The molecule has 116 valence electrons. The van der Waals surface area contributed by atoms with Crippen LogP contribution in [0.5, 0.6) is 0 Å². The predicted octanol–water partition coefficient (Wildman–Crippen LogP) is 1.49. The van der Waals surface area contributed by atoms with Crippen molar-refractivity contribution < 1.29 is 4.79 Å². The molecule has 0 aliphatic carbocycles. The molecule has 6 heteroatoms. The molecule has 0 radical (unpaired) electrons. The van der Waals surface area contributed by atoms with Crippen molar-refractivity contribution in [2.75, 3.05) is 39.8 Å². The van der Waals surface area contributed by atoms with E-state index in [4.69, 9.17) is 11.6 Å². The lowest BCUT2D eigenvalue weighted by Gasteiger charge is -2.43. The van der Waals surface area contributed by atoms with Crippen LogP contribution in [0.15, 0.2) is 18.3 Å². The van der Waals surface area contributed by atoms with Crippen LogP contribution in [-0.4, -0.2) is 66.0 Å². The number of nitrogens with one attached hydrogen (secondary N) is 1. The number of halogens is 1. The third kappa shape index (κ3) is 4.15. The average molecular weight is 311 g/mol. The quantitative estimate of drug-likeness (QED) is 0.856. The molecule has 0 spiro atoms. The summed E-state index contributed by atoms with van der Waals surface area (Å²) >= 11 is 5.95. The zero-order valence-electron chi connectivity index (χ0n) is 12.9. The van der Waals surface area contributed by atoms with Gasteiger partial charge in [-0.3, -0.25) is 9.69 Å². The second kappa shape index (κ2) is 6.73. The summed E-state index contributed by atoms with van der Waals surface area (Å²) in [5, 5.41) is 3.21. The van der Waals surface area contributed by atoms with Gasteiger partial charge in [0.2, 0.25) is 0 Å². The van der Waals surface area contributed by atoms with Gasteiger partial charge in [-0.15, -0.1) is 0 Å². The van der Waals surface area contributed by atoms with E-state index in [1.165, 1.54) is 0 Å². The largest absolute Gasteiger partial charge is 0.350 e. The number of likely N-dealkylation sites (N-methyl/N-ethyl adjacent to an activating group) is 1. The molecule has 1 N–H and O–H groups in total. The Morgan fingerprint density at radius 3 is 2.67 bits per heavy atom. The molecule has 1 amide bonds. The fourth-order valence-electron chi connectivity index (χ4n) is 2.47. The van der Waals surface area contributed by atoms with Crippen LogP contribution in [0.25, 0.3) is 0 Å². The Morgan fingerprint density at radius 1 is 1.38 bits per heavy atom. The summed E-state index contributed by atoms with van der Waals surface area (Å²) < 4.78 is 0. The number of hydrogen-bond donors (Lipinski definition) is 1. The van der Waals surface area contributed by atoms with Gasteiger partial charge in [0.1, 0.15) is 5.15 Å². The molecule has 2 heterocycles. The maximum atomic E-state index is 12.2. The van der Waals surface area contributed by atoms with Gasteiger partial charge in [-0.1, -0.05) is 11.6 Å². The third-order valence-corrected chi connectivity index (χ3v) is 4.35. The summed E-state index contributed by atoms with van der Waals surface area (Å²) in [7, 11) is 2.14. The van der Waals surface area contributed by atoms with Crippen molar-refractivity contribution in [3.05, 3.63) is 29.0 Å². The molecule has 21 heavy (non-hydrogen) atoms. The lowest BCUT2D eigenvalue weighted by Crippen LogP contribution is -2.57. The number of nitrogens with zero attached hydrogens (tertiary/aromatic N) is 3. The van der Waals surface area contributed by atoms with Crippen molar-refractivity contribution in [1.29, 1.82) is 0 Å². The third-order valence-electron chi connectivity index (χ3n) is 4.04. The second-order valence-corrected chi connectivity index (χ2v) is 6.49. The highest BCUT2D eigenvalue weighted by atomic mass is 35.5. The monoisotopic (exact) mass is 310 g/mol. The van der Waals surface area contributed by atoms with Gasteiger partial charge in [0.05, 0.1) is 5.56 Å². The van der Waals surface area contributed by atoms with Crippen LogP contribution in [0.1, 0.15) is 24.2 Å². The average Bonchev–Trinajstić information content (AvgIpc) is 2.46. The van der Waals surface area contributed by atoms with Gasteiger partial charge < -0.3 is 10.2 Å². The fourth-order valence-corrected chi connectivity index (χ4v) is 2.68. The zero-order valence-corrected chi connectivity index (χ0v) is 13.7. The standard InChI is InChI=1S/C15H23ClN4O/c1-15(2,20-9-7-19(3)8-10-20)11-18-14(21)12-5-4-6-17-13(12)16/h4-6H,7-11H2,1-3H3,(H,18,21). The number of carbonyl (C=O) groups is 1. The SMILES string of the molecule is CN1CCN(C(C)(C)CNC(=O)c2cccnc2Cl)CC1. The second-order valence-electron chi connectivity index (χ2n) is 6.13. The number of hydrogen-bond acceptors (Lipinski definition) is 4. The van der Waals surface area contributed by atoms with E-state index in [2.05, 4.69) is 41.0 Å². The van der Waals surface area contributed by atoms with Gasteiger partial charge >= 0.3 is 0 Å². The molecule has 1 aromatic rings. The Balaban J connectivity index is 1.92. The molecular weight excluding hydrogens is 288 g/mol. The highest BCUT2D eigenvalue weighted by Crippen LogP contribution is 2.17. The molecule has 0 unspecified atom stereocenters. The van der Waals surface area contributed by atoms with E-state index in [0.717, 1.165) is 26.2 Å². The van der Waals surface area contributed by atoms with Gasteiger partial charge in [0.25, 0.3) is 5.91 Å². The highest BCUT2D eigenvalue weighted by molar-refractivity contribution is 6.32. The maximum absolute atomic E-state index is 12.2. The van der Waals surface area contributed by atoms with Crippen molar-refractivity contribution in [1.82, 2.24) is 20.1 Å². The van der Waals surface area contributed by atoms with Crippen molar-refractivity contribution in [3.63, 3.8) is 0 Å². The first-order valence-corrected chi connectivity index (χ1v) is 7.60. The van der Waals surface area contributed by atoms with Crippen LogP contribution in [0.2, 0.25) is 5.15 Å². The van der Waals surface area contributed by atoms with E-state index < -0.39 is 0 Å².